The molecule has 9 aromatic rings. The Bertz CT molecular complexity index is 3590. The largest absolute Gasteiger partial charge is 0.448 e. The summed E-state index contributed by atoms with van der Waals surface area (Å²) in [5.74, 6) is -1.91. The van der Waals surface area contributed by atoms with Gasteiger partial charge in [-0.05, 0) is 47.1 Å². The first-order chi connectivity index (χ1) is 41.8. The number of amides is 3. The third-order valence-corrected chi connectivity index (χ3v) is 17.7. The molecule has 3 aliphatic rings. The number of rotatable bonds is 19. The molecule has 85 heavy (non-hydrogen) atoms. The number of piperidine rings is 1. The number of β-lactam (4-membered cyclic amide) rings is 1. The molecule has 0 radical (unpaired) electrons. The number of hydrogen-bond acceptors (Lipinski definition) is 12. The lowest BCUT2D eigenvalue weighted by atomic mass is 9.77. The highest BCUT2D eigenvalue weighted by Crippen LogP contribution is 2.45. The van der Waals surface area contributed by atoms with Crippen molar-refractivity contribution in [2.45, 2.75) is 47.9 Å². The summed E-state index contributed by atoms with van der Waals surface area (Å²) >= 11 is 2.63. The molecule has 2 fully saturated rings. The normalized spacial score (nSPS) is 16.2. The number of ether oxygens (including phenoxy) is 2. The van der Waals surface area contributed by atoms with Crippen LogP contribution in [0, 0.1) is 0 Å². The van der Waals surface area contributed by atoms with Gasteiger partial charge in [-0.3, -0.25) is 14.5 Å². The highest BCUT2D eigenvalue weighted by molar-refractivity contribution is 8.00. The lowest BCUT2D eigenvalue weighted by molar-refractivity contribution is -0.154. The number of nitrogens with one attached hydrogen (secondary N) is 2. The second-order valence-electron chi connectivity index (χ2n) is 20.8. The summed E-state index contributed by atoms with van der Waals surface area (Å²) in [5, 5.41) is 13.2. The van der Waals surface area contributed by atoms with Gasteiger partial charge in [-0.15, -0.1) is 23.1 Å². The van der Waals surface area contributed by atoms with Crippen molar-refractivity contribution < 1.29 is 33.5 Å². The van der Waals surface area contributed by atoms with Crippen molar-refractivity contribution in [2.75, 3.05) is 30.8 Å². The zero-order valence-corrected chi connectivity index (χ0v) is 47.9. The molecule has 2 atom stereocenters. The standard InChI is InChI=1S/C70H60N6O7S2/c77-63(72-60-64(78)76-61(51(47-84-65(60)76)46-81-68(80)75-44-26-9-27-45-75)66(79)82-62(49-28-10-1-11-29-49)50-30-12-2-13-31-50)59(74-83-70(55-38-20-6-21-39-55,56-40-22-7-23-41-56)57-42-24-8-25-43-57)58-48-85-67(71-58)73-69(52-32-14-3-15-33-52,53-34-16-4-17-35-53)54-36-18-5-19-37-54/h1-8,10-25,28-43,48,60,62,65H,9,26-27,44-47H2,(H,71,73)(H,72,77)/b74-59-. The Balaban J connectivity index is 0.926. The number of anilines is 1. The van der Waals surface area contributed by atoms with Crippen LogP contribution in [0.2, 0.25) is 0 Å². The van der Waals surface area contributed by atoms with Crippen molar-refractivity contribution in [1.29, 1.82) is 0 Å². The Morgan fingerprint density at radius 3 is 1.52 bits per heavy atom. The number of likely N-dealkylation sites (tertiary alicyclic amines) is 1. The van der Waals surface area contributed by atoms with Gasteiger partial charge in [-0.2, -0.15) is 0 Å². The molecule has 0 aliphatic carbocycles. The number of esters is 1. The zero-order valence-electron chi connectivity index (χ0n) is 46.3. The Labute approximate surface area is 502 Å². The fraction of sp³-hybridized carbons (Fsp3) is 0.171. The number of nitrogens with zero attached hydrogens (tertiary/aromatic N) is 4. The summed E-state index contributed by atoms with van der Waals surface area (Å²) in [6.07, 6.45) is 1.43. The molecule has 2 N–H and O–H groups in total. The summed E-state index contributed by atoms with van der Waals surface area (Å²) in [6, 6.07) is 77.1. The summed E-state index contributed by atoms with van der Waals surface area (Å²) < 4.78 is 12.3. The summed E-state index contributed by atoms with van der Waals surface area (Å²) in [5.41, 5.74) is 4.49. The van der Waals surface area contributed by atoms with Gasteiger partial charge in [0, 0.05) is 46.5 Å². The Morgan fingerprint density at radius 1 is 0.600 bits per heavy atom. The minimum Gasteiger partial charge on any atom is -0.448 e. The predicted octanol–water partition coefficient (Wildman–Crippen LogP) is 12.9. The molecular formula is C70H60N6O7S2. The average molecular weight is 1160 g/mol. The third kappa shape index (κ3) is 11.5. The van der Waals surface area contributed by atoms with Crippen molar-refractivity contribution in [2.24, 2.45) is 5.16 Å². The van der Waals surface area contributed by atoms with E-state index >= 15 is 14.4 Å². The van der Waals surface area contributed by atoms with Gasteiger partial charge in [0.1, 0.15) is 35.0 Å². The lowest BCUT2D eigenvalue weighted by Gasteiger charge is -2.49. The van der Waals surface area contributed by atoms with E-state index in [0.717, 1.165) is 63.8 Å². The van der Waals surface area contributed by atoms with Crippen LogP contribution in [0.3, 0.4) is 0 Å². The maximum absolute atomic E-state index is 15.6. The van der Waals surface area contributed by atoms with Crippen LogP contribution in [-0.2, 0) is 39.8 Å². The van der Waals surface area contributed by atoms with Crippen molar-refractivity contribution in [3.8, 4) is 0 Å². The van der Waals surface area contributed by atoms with E-state index in [0.29, 0.717) is 23.8 Å². The second kappa shape index (κ2) is 25.5. The summed E-state index contributed by atoms with van der Waals surface area (Å²) in [4.78, 5) is 74.3. The number of aromatic nitrogens is 1. The second-order valence-corrected chi connectivity index (χ2v) is 22.8. The molecule has 8 aromatic carbocycles. The van der Waals surface area contributed by atoms with Crippen LogP contribution in [0.15, 0.2) is 264 Å². The molecular weight excluding hydrogens is 1100 g/mol. The van der Waals surface area contributed by atoms with Gasteiger partial charge in [0.25, 0.3) is 11.8 Å². The molecule has 3 amide bonds. The van der Waals surface area contributed by atoms with Crippen molar-refractivity contribution in [3.05, 3.63) is 310 Å². The molecule has 3 aliphatic heterocycles. The number of benzene rings is 8. The van der Waals surface area contributed by atoms with E-state index in [1.807, 2.05) is 206 Å². The van der Waals surface area contributed by atoms with Gasteiger partial charge in [0.15, 0.2) is 16.9 Å². The minimum atomic E-state index is -1.40. The molecule has 2 saturated heterocycles. The molecule has 12 rings (SSSR count). The summed E-state index contributed by atoms with van der Waals surface area (Å²) in [7, 11) is 0. The van der Waals surface area contributed by atoms with Crippen molar-refractivity contribution in [1.82, 2.24) is 20.1 Å². The van der Waals surface area contributed by atoms with E-state index in [1.54, 1.807) is 10.3 Å². The minimum absolute atomic E-state index is 0.0351. The van der Waals surface area contributed by atoms with Crippen LogP contribution in [0.4, 0.5) is 9.93 Å². The van der Waals surface area contributed by atoms with Gasteiger partial charge in [0.2, 0.25) is 5.60 Å². The fourth-order valence-electron chi connectivity index (χ4n) is 11.4. The first kappa shape index (κ1) is 55.9. The Kier molecular flexibility index (Phi) is 16.8. The smallest absolute Gasteiger partial charge is 0.410 e. The molecule has 424 valence electrons. The summed E-state index contributed by atoms with van der Waals surface area (Å²) in [6.45, 7) is 0.895. The SMILES string of the molecule is O=C(OC(c1ccccc1)c1ccccc1)C1=C(COC(=O)N2CCCCC2)CSC2C(NC(=O)/C(=N\OC(c3ccccc3)(c3ccccc3)c3ccccc3)c3csc(NC(c4ccccc4)(c4ccccc4)c4ccccc4)n3)C(=O)N12. The molecule has 0 saturated carbocycles. The zero-order chi connectivity index (χ0) is 58.0. The van der Waals surface area contributed by atoms with Gasteiger partial charge < -0.3 is 29.8 Å². The molecule has 13 nitrogen and oxygen atoms in total. The third-order valence-electron chi connectivity index (χ3n) is 15.6. The van der Waals surface area contributed by atoms with Crippen molar-refractivity contribution >= 4 is 57.8 Å². The number of carbonyl (C=O) groups is 4. The average Bonchev–Trinajstić information content (AvgIpc) is 1.64. The quantitative estimate of drug-likeness (QED) is 0.0263. The van der Waals surface area contributed by atoms with Crippen LogP contribution >= 0.6 is 23.1 Å². The topological polar surface area (TPSA) is 152 Å². The molecule has 2 unspecified atom stereocenters. The van der Waals surface area contributed by atoms with E-state index in [-0.39, 0.29) is 29.5 Å². The molecule has 0 bridgehead atoms. The number of thioether (sulfide) groups is 1. The highest BCUT2D eigenvalue weighted by atomic mass is 32.2. The van der Waals surface area contributed by atoms with Gasteiger partial charge in [0.05, 0.1) is 0 Å². The maximum atomic E-state index is 15.6. The van der Waals surface area contributed by atoms with Crippen LogP contribution in [0.5, 0.6) is 0 Å². The van der Waals surface area contributed by atoms with Crippen LogP contribution in [0.25, 0.3) is 0 Å². The number of oxime groups is 1. The van der Waals surface area contributed by atoms with E-state index in [9.17, 15) is 4.79 Å². The monoisotopic (exact) mass is 1160 g/mol. The Morgan fingerprint density at radius 2 is 1.05 bits per heavy atom. The number of hydrogen-bond donors (Lipinski definition) is 2. The van der Waals surface area contributed by atoms with Crippen LogP contribution in [0.1, 0.15) is 75.6 Å². The number of carbonyl (C=O) groups excluding carboxylic acids is 4. The Hall–Kier alpha value is -9.57. The number of thiazole rings is 1. The predicted molar refractivity (Wildman–Crippen MR) is 331 cm³/mol. The molecule has 15 heteroatoms. The van der Waals surface area contributed by atoms with Gasteiger partial charge in [-0.25, -0.2) is 14.6 Å². The molecule has 4 heterocycles. The van der Waals surface area contributed by atoms with E-state index < -0.39 is 52.5 Å². The maximum Gasteiger partial charge on any atom is 0.410 e. The van der Waals surface area contributed by atoms with Crippen molar-refractivity contribution in [3.63, 3.8) is 0 Å². The highest BCUT2D eigenvalue weighted by Gasteiger charge is 2.55. The molecule has 1 aromatic heterocycles. The van der Waals surface area contributed by atoms with E-state index in [1.165, 1.54) is 28.0 Å². The van der Waals surface area contributed by atoms with Gasteiger partial charge >= 0.3 is 12.1 Å². The first-order valence-corrected chi connectivity index (χ1v) is 30.3. The van der Waals surface area contributed by atoms with E-state index in [4.69, 9.17) is 24.5 Å². The fourth-order valence-corrected chi connectivity index (χ4v) is 13.5. The molecule has 0 spiro atoms. The van der Waals surface area contributed by atoms with Gasteiger partial charge in [-0.1, -0.05) is 248 Å². The van der Waals surface area contributed by atoms with E-state index in [2.05, 4.69) is 47.0 Å². The van der Waals surface area contributed by atoms with Crippen LogP contribution < -0.4 is 10.6 Å². The lowest BCUT2D eigenvalue weighted by Crippen LogP contribution is -2.71. The van der Waals surface area contributed by atoms with Crippen LogP contribution in [-0.4, -0.2) is 81.2 Å². The first-order valence-electron chi connectivity index (χ1n) is 28.4. The number of fused-ring (bicyclic) bond motifs is 1.